The first-order valence-electron chi connectivity index (χ1n) is 5.29. The van der Waals surface area contributed by atoms with Gasteiger partial charge in [-0.05, 0) is 12.8 Å². The van der Waals surface area contributed by atoms with Gasteiger partial charge in [-0.15, -0.1) is 5.54 Å². The van der Waals surface area contributed by atoms with Gasteiger partial charge in [-0.1, -0.05) is 25.6 Å². The Morgan fingerprint density at radius 1 is 1.40 bits per heavy atom. The molecule has 1 aliphatic heterocycles. The summed E-state index contributed by atoms with van der Waals surface area (Å²) >= 11 is 0. The van der Waals surface area contributed by atoms with E-state index in [9.17, 15) is 4.79 Å². The Labute approximate surface area is 92.6 Å². The summed E-state index contributed by atoms with van der Waals surface area (Å²) in [6.45, 7) is 6.65. The summed E-state index contributed by atoms with van der Waals surface area (Å²) in [6.07, 6.45) is 1.77. The third-order valence-electron chi connectivity index (χ3n) is 2.25. The van der Waals surface area contributed by atoms with Crippen LogP contribution in [-0.2, 0) is 9.53 Å². The Morgan fingerprint density at radius 2 is 2.07 bits per heavy atom. The summed E-state index contributed by atoms with van der Waals surface area (Å²) in [6, 6.07) is 0.0109. The van der Waals surface area contributed by atoms with E-state index in [1.807, 2.05) is 0 Å². The van der Waals surface area contributed by atoms with Crippen molar-refractivity contribution >= 4 is 14.0 Å². The summed E-state index contributed by atoms with van der Waals surface area (Å²) in [5, 5.41) is 3.19. The molecule has 2 atom stereocenters. The Bertz CT molecular complexity index is 298. The highest BCUT2D eigenvalue weighted by Gasteiger charge is 2.28. The molecular formula is C11H19NO2Si. The van der Waals surface area contributed by atoms with Crippen molar-refractivity contribution in [2.45, 2.75) is 44.6 Å². The fraction of sp³-hybridized carbons (Fsp3) is 0.727. The van der Waals surface area contributed by atoms with Gasteiger partial charge in [0, 0.05) is 0 Å². The standard InChI is InChI=1S/C11H19NO2Si/c1-14-11(13)10-6-5-9(12-10)7-8-15(2,3)4/h9-10,12H,5-6H2,1-4H3/t9?,10-/m0/s1. The number of esters is 1. The smallest absolute Gasteiger partial charge is 0.322 e. The van der Waals surface area contributed by atoms with Gasteiger partial charge in [0.2, 0.25) is 0 Å². The summed E-state index contributed by atoms with van der Waals surface area (Å²) < 4.78 is 4.69. The van der Waals surface area contributed by atoms with Gasteiger partial charge in [-0.25, -0.2) is 0 Å². The molecule has 1 rings (SSSR count). The van der Waals surface area contributed by atoms with Crippen LogP contribution in [-0.4, -0.2) is 33.2 Å². The molecule has 0 aliphatic carbocycles. The second kappa shape index (κ2) is 4.82. The zero-order valence-corrected chi connectivity index (χ0v) is 10.9. The monoisotopic (exact) mass is 225 g/mol. The molecule has 15 heavy (non-hydrogen) atoms. The van der Waals surface area contributed by atoms with Crippen LogP contribution in [0.2, 0.25) is 19.6 Å². The van der Waals surface area contributed by atoms with E-state index < -0.39 is 8.07 Å². The lowest BCUT2D eigenvalue weighted by atomic mass is 10.2. The van der Waals surface area contributed by atoms with E-state index in [1.165, 1.54) is 7.11 Å². The first kappa shape index (κ1) is 12.3. The maximum absolute atomic E-state index is 11.2. The van der Waals surface area contributed by atoms with Gasteiger partial charge in [0.15, 0.2) is 0 Å². The molecule has 1 N–H and O–H groups in total. The van der Waals surface area contributed by atoms with Crippen LogP contribution in [0, 0.1) is 11.5 Å². The number of hydrogen-bond acceptors (Lipinski definition) is 3. The van der Waals surface area contributed by atoms with Crippen molar-refractivity contribution in [3.63, 3.8) is 0 Å². The van der Waals surface area contributed by atoms with Crippen molar-refractivity contribution in [2.75, 3.05) is 7.11 Å². The van der Waals surface area contributed by atoms with Crippen LogP contribution in [0.5, 0.6) is 0 Å². The first-order chi connectivity index (χ1) is 6.92. The predicted molar refractivity (Wildman–Crippen MR) is 63.1 cm³/mol. The average molecular weight is 225 g/mol. The van der Waals surface area contributed by atoms with E-state index >= 15 is 0 Å². The van der Waals surface area contributed by atoms with Gasteiger partial charge in [0.25, 0.3) is 0 Å². The number of rotatable bonds is 1. The Balaban J connectivity index is 2.49. The second-order valence-corrected chi connectivity index (χ2v) is 9.64. The number of methoxy groups -OCH3 is 1. The number of hydrogen-bond donors (Lipinski definition) is 1. The van der Waals surface area contributed by atoms with Gasteiger partial charge in [0.1, 0.15) is 14.1 Å². The zero-order valence-electron chi connectivity index (χ0n) is 9.89. The van der Waals surface area contributed by atoms with Crippen LogP contribution in [0.1, 0.15) is 12.8 Å². The van der Waals surface area contributed by atoms with Crippen LogP contribution >= 0.6 is 0 Å². The second-order valence-electron chi connectivity index (χ2n) is 4.89. The van der Waals surface area contributed by atoms with Gasteiger partial charge in [0.05, 0.1) is 13.2 Å². The highest BCUT2D eigenvalue weighted by Crippen LogP contribution is 2.13. The molecule has 4 heteroatoms. The minimum absolute atomic E-state index is 0.157. The average Bonchev–Trinajstić information content (AvgIpc) is 2.61. The lowest BCUT2D eigenvalue weighted by Gasteiger charge is -2.09. The third kappa shape index (κ3) is 4.06. The van der Waals surface area contributed by atoms with E-state index in [2.05, 4.69) is 41.2 Å². The molecule has 1 heterocycles. The summed E-state index contributed by atoms with van der Waals surface area (Å²) in [5.41, 5.74) is 3.32. The normalized spacial score (nSPS) is 25.6. The van der Waals surface area contributed by atoms with Gasteiger partial charge in [-0.3, -0.25) is 10.1 Å². The quantitative estimate of drug-likeness (QED) is 0.413. The van der Waals surface area contributed by atoms with Gasteiger partial charge in [-0.2, -0.15) is 0 Å². The lowest BCUT2D eigenvalue weighted by Crippen LogP contribution is -2.35. The Kier molecular flexibility index (Phi) is 3.94. The van der Waals surface area contributed by atoms with E-state index in [1.54, 1.807) is 0 Å². The Hall–Kier alpha value is -0.793. The molecule has 1 fully saturated rings. The van der Waals surface area contributed by atoms with Crippen LogP contribution in [0.3, 0.4) is 0 Å². The lowest BCUT2D eigenvalue weighted by molar-refractivity contribution is -0.142. The van der Waals surface area contributed by atoms with E-state index in [-0.39, 0.29) is 18.1 Å². The minimum Gasteiger partial charge on any atom is -0.468 e. The summed E-state index contributed by atoms with van der Waals surface area (Å²) in [7, 11) is 0.122. The first-order valence-corrected chi connectivity index (χ1v) is 8.79. The van der Waals surface area contributed by atoms with Gasteiger partial charge >= 0.3 is 5.97 Å². The molecule has 1 aliphatic rings. The fourth-order valence-corrected chi connectivity index (χ4v) is 2.10. The number of carbonyl (C=O) groups is 1. The van der Waals surface area contributed by atoms with Crippen molar-refractivity contribution in [1.29, 1.82) is 0 Å². The van der Waals surface area contributed by atoms with Gasteiger partial charge < -0.3 is 4.74 Å². The molecule has 1 saturated heterocycles. The van der Waals surface area contributed by atoms with Crippen molar-refractivity contribution in [1.82, 2.24) is 5.32 Å². The van der Waals surface area contributed by atoms with Crippen molar-refractivity contribution in [3.05, 3.63) is 0 Å². The Morgan fingerprint density at radius 3 is 2.60 bits per heavy atom. The largest absolute Gasteiger partial charge is 0.468 e. The summed E-state index contributed by atoms with van der Waals surface area (Å²) in [5.74, 6) is 3.05. The van der Waals surface area contributed by atoms with Crippen LogP contribution < -0.4 is 5.32 Å². The molecule has 0 radical (unpaired) electrons. The van der Waals surface area contributed by atoms with Crippen LogP contribution in [0.4, 0.5) is 0 Å². The molecule has 0 saturated carbocycles. The maximum atomic E-state index is 11.2. The molecule has 0 aromatic carbocycles. The molecule has 0 amide bonds. The molecule has 84 valence electrons. The zero-order chi connectivity index (χ0) is 11.5. The topological polar surface area (TPSA) is 38.3 Å². The van der Waals surface area contributed by atoms with Crippen LogP contribution in [0.15, 0.2) is 0 Å². The molecule has 0 bridgehead atoms. The molecule has 3 nitrogen and oxygen atoms in total. The number of ether oxygens (including phenoxy) is 1. The van der Waals surface area contributed by atoms with E-state index in [0.717, 1.165) is 12.8 Å². The minimum atomic E-state index is -1.30. The SMILES string of the molecule is COC(=O)[C@@H]1CCC(C#C[Si](C)(C)C)N1. The van der Waals surface area contributed by atoms with E-state index in [0.29, 0.717) is 0 Å². The number of nitrogens with one attached hydrogen (secondary N) is 1. The molecule has 0 aromatic rings. The molecule has 1 unspecified atom stereocenters. The molecule has 0 aromatic heterocycles. The summed E-state index contributed by atoms with van der Waals surface area (Å²) in [4.78, 5) is 11.2. The van der Waals surface area contributed by atoms with Crippen molar-refractivity contribution in [2.24, 2.45) is 0 Å². The third-order valence-corrected chi connectivity index (χ3v) is 3.15. The highest BCUT2D eigenvalue weighted by molar-refractivity contribution is 6.83. The molecule has 0 spiro atoms. The maximum Gasteiger partial charge on any atom is 0.322 e. The number of carbonyl (C=O) groups excluding carboxylic acids is 1. The highest BCUT2D eigenvalue weighted by atomic mass is 28.3. The molecular weight excluding hydrogens is 206 g/mol. The van der Waals surface area contributed by atoms with Crippen molar-refractivity contribution < 1.29 is 9.53 Å². The van der Waals surface area contributed by atoms with Crippen LogP contribution in [0.25, 0.3) is 0 Å². The fourth-order valence-electron chi connectivity index (χ4n) is 1.49. The van der Waals surface area contributed by atoms with E-state index in [4.69, 9.17) is 0 Å². The van der Waals surface area contributed by atoms with Crippen molar-refractivity contribution in [3.8, 4) is 11.5 Å². The predicted octanol–water partition coefficient (Wildman–Crippen LogP) is 1.16.